The molecule has 1 atom stereocenters. The summed E-state index contributed by atoms with van der Waals surface area (Å²) in [7, 11) is 1.49. The van der Waals surface area contributed by atoms with Crippen molar-refractivity contribution in [3.63, 3.8) is 0 Å². The van der Waals surface area contributed by atoms with Gasteiger partial charge in [0.2, 0.25) is 0 Å². The lowest BCUT2D eigenvalue weighted by molar-refractivity contribution is 0.384. The fraction of sp³-hybridized carbons (Fsp3) is 0.500. The Morgan fingerprint density at radius 1 is 1.42 bits per heavy atom. The summed E-state index contributed by atoms with van der Waals surface area (Å²) in [5.41, 5.74) is 1.05. The van der Waals surface area contributed by atoms with Gasteiger partial charge < -0.3 is 10.1 Å². The summed E-state index contributed by atoms with van der Waals surface area (Å²) in [6.45, 7) is 4.90. The van der Waals surface area contributed by atoms with Crippen molar-refractivity contribution in [2.45, 2.75) is 39.2 Å². The number of hydrogen-bond acceptors (Lipinski definition) is 2. The van der Waals surface area contributed by atoms with Crippen LogP contribution in [0.25, 0.3) is 0 Å². The topological polar surface area (TPSA) is 21.3 Å². The van der Waals surface area contributed by atoms with E-state index in [0.717, 1.165) is 31.4 Å². The number of ether oxygens (including phenoxy) is 1. The van der Waals surface area contributed by atoms with Crippen LogP contribution in [0.15, 0.2) is 18.2 Å². The van der Waals surface area contributed by atoms with E-state index in [-0.39, 0.29) is 11.9 Å². The van der Waals surface area contributed by atoms with Crippen LogP contribution in [-0.2, 0) is 0 Å². The van der Waals surface area contributed by atoms with E-state index >= 15 is 0 Å². The Bertz CT molecular complexity index is 448. The molecule has 0 aliphatic heterocycles. The van der Waals surface area contributed by atoms with Gasteiger partial charge in [-0.05, 0) is 44.0 Å². The van der Waals surface area contributed by atoms with Crippen LogP contribution in [0.3, 0.4) is 0 Å². The summed E-state index contributed by atoms with van der Waals surface area (Å²) in [5.74, 6) is 5.94. The lowest BCUT2D eigenvalue weighted by Crippen LogP contribution is -2.22. The van der Waals surface area contributed by atoms with Crippen molar-refractivity contribution < 1.29 is 9.13 Å². The van der Waals surface area contributed by atoms with Crippen molar-refractivity contribution in [1.29, 1.82) is 0 Å². The molecule has 0 aromatic heterocycles. The molecule has 2 nitrogen and oxygen atoms in total. The minimum atomic E-state index is -0.325. The second-order valence-electron chi connectivity index (χ2n) is 4.37. The van der Waals surface area contributed by atoms with Crippen LogP contribution in [0, 0.1) is 17.7 Å². The fourth-order valence-electron chi connectivity index (χ4n) is 1.94. The van der Waals surface area contributed by atoms with E-state index in [4.69, 9.17) is 4.74 Å². The molecule has 0 aliphatic carbocycles. The minimum Gasteiger partial charge on any atom is -0.494 e. The van der Waals surface area contributed by atoms with Gasteiger partial charge in [0.15, 0.2) is 11.6 Å². The first kappa shape index (κ1) is 15.5. The standard InChI is InChI=1S/C16H22FNO/c1-4-6-7-8-15(18-11-5-2)13-9-10-14(17)16(12-13)19-3/h9-10,12,15,18H,5,7-8,11H2,1-3H3. The van der Waals surface area contributed by atoms with Gasteiger partial charge in [-0.1, -0.05) is 13.0 Å². The first-order chi connectivity index (χ1) is 9.22. The average Bonchev–Trinajstić information content (AvgIpc) is 2.43. The molecule has 0 saturated carbocycles. The first-order valence-electron chi connectivity index (χ1n) is 6.69. The molecule has 0 saturated heterocycles. The van der Waals surface area contributed by atoms with E-state index in [9.17, 15) is 4.39 Å². The second-order valence-corrected chi connectivity index (χ2v) is 4.37. The predicted molar refractivity (Wildman–Crippen MR) is 76.7 cm³/mol. The summed E-state index contributed by atoms with van der Waals surface area (Å²) in [6.07, 6.45) is 2.81. The lowest BCUT2D eigenvalue weighted by Gasteiger charge is -2.19. The summed E-state index contributed by atoms with van der Waals surface area (Å²) in [5, 5.41) is 3.47. The number of halogens is 1. The molecule has 0 spiro atoms. The molecule has 1 rings (SSSR count). The number of methoxy groups -OCH3 is 1. The molecule has 1 aromatic carbocycles. The van der Waals surface area contributed by atoms with E-state index in [1.807, 2.05) is 13.0 Å². The molecule has 0 aliphatic rings. The van der Waals surface area contributed by atoms with Crippen LogP contribution in [0.1, 0.15) is 44.7 Å². The molecule has 104 valence electrons. The van der Waals surface area contributed by atoms with Crippen molar-refractivity contribution in [3.05, 3.63) is 29.6 Å². The van der Waals surface area contributed by atoms with Gasteiger partial charge in [0.25, 0.3) is 0 Å². The molecule has 0 bridgehead atoms. The highest BCUT2D eigenvalue weighted by Crippen LogP contribution is 2.25. The molecule has 3 heteroatoms. The van der Waals surface area contributed by atoms with E-state index in [1.165, 1.54) is 13.2 Å². The number of nitrogens with one attached hydrogen (secondary N) is 1. The monoisotopic (exact) mass is 263 g/mol. The Hall–Kier alpha value is -1.53. The normalized spacial score (nSPS) is 11.6. The van der Waals surface area contributed by atoms with Gasteiger partial charge in [-0.2, -0.15) is 0 Å². The summed E-state index contributed by atoms with van der Waals surface area (Å²) in [6, 6.07) is 5.22. The Morgan fingerprint density at radius 3 is 2.84 bits per heavy atom. The van der Waals surface area contributed by atoms with Crippen LogP contribution in [0.4, 0.5) is 4.39 Å². The van der Waals surface area contributed by atoms with Crippen LogP contribution >= 0.6 is 0 Å². The van der Waals surface area contributed by atoms with Crippen LogP contribution in [-0.4, -0.2) is 13.7 Å². The number of benzene rings is 1. The first-order valence-corrected chi connectivity index (χ1v) is 6.69. The zero-order valence-electron chi connectivity index (χ0n) is 11.9. The van der Waals surface area contributed by atoms with Crippen LogP contribution < -0.4 is 10.1 Å². The molecule has 0 amide bonds. The maximum Gasteiger partial charge on any atom is 0.165 e. The Labute approximate surface area is 115 Å². The zero-order chi connectivity index (χ0) is 14.1. The van der Waals surface area contributed by atoms with Crippen LogP contribution in [0.5, 0.6) is 5.75 Å². The molecular formula is C16H22FNO. The highest BCUT2D eigenvalue weighted by molar-refractivity contribution is 5.32. The number of hydrogen-bond donors (Lipinski definition) is 1. The van der Waals surface area contributed by atoms with Gasteiger partial charge in [-0.15, -0.1) is 11.8 Å². The van der Waals surface area contributed by atoms with E-state index < -0.39 is 0 Å². The largest absolute Gasteiger partial charge is 0.494 e. The SMILES string of the molecule is CC#CCCC(NCCC)c1ccc(F)c(OC)c1. The Kier molecular flexibility index (Phi) is 6.99. The van der Waals surface area contributed by atoms with Crippen molar-refractivity contribution in [2.75, 3.05) is 13.7 Å². The molecule has 19 heavy (non-hydrogen) atoms. The smallest absolute Gasteiger partial charge is 0.165 e. The minimum absolute atomic E-state index is 0.190. The van der Waals surface area contributed by atoms with Crippen molar-refractivity contribution >= 4 is 0 Å². The quantitative estimate of drug-likeness (QED) is 0.758. The average molecular weight is 263 g/mol. The van der Waals surface area contributed by atoms with Crippen molar-refractivity contribution in [1.82, 2.24) is 5.32 Å². The maximum absolute atomic E-state index is 13.4. The highest BCUT2D eigenvalue weighted by Gasteiger charge is 2.12. The van der Waals surface area contributed by atoms with E-state index in [1.54, 1.807) is 6.07 Å². The molecule has 1 N–H and O–H groups in total. The Balaban J connectivity index is 2.84. The molecular weight excluding hydrogens is 241 g/mol. The lowest BCUT2D eigenvalue weighted by atomic mass is 10.0. The summed E-state index contributed by atoms with van der Waals surface area (Å²) in [4.78, 5) is 0. The van der Waals surface area contributed by atoms with E-state index in [2.05, 4.69) is 24.1 Å². The Morgan fingerprint density at radius 2 is 2.21 bits per heavy atom. The third-order valence-electron chi connectivity index (χ3n) is 2.95. The second kappa shape index (κ2) is 8.55. The maximum atomic E-state index is 13.4. The third-order valence-corrected chi connectivity index (χ3v) is 2.95. The highest BCUT2D eigenvalue weighted by atomic mass is 19.1. The van der Waals surface area contributed by atoms with Gasteiger partial charge in [-0.3, -0.25) is 0 Å². The van der Waals surface area contributed by atoms with Crippen LogP contribution in [0.2, 0.25) is 0 Å². The fourth-order valence-corrected chi connectivity index (χ4v) is 1.94. The molecule has 0 radical (unpaired) electrons. The van der Waals surface area contributed by atoms with Gasteiger partial charge in [0.05, 0.1) is 7.11 Å². The van der Waals surface area contributed by atoms with Gasteiger partial charge in [0.1, 0.15) is 0 Å². The third kappa shape index (κ3) is 4.92. The summed E-state index contributed by atoms with van der Waals surface area (Å²) < 4.78 is 18.5. The molecule has 1 aromatic rings. The van der Waals surface area contributed by atoms with E-state index in [0.29, 0.717) is 5.75 Å². The zero-order valence-corrected chi connectivity index (χ0v) is 11.9. The summed E-state index contributed by atoms with van der Waals surface area (Å²) >= 11 is 0. The molecule has 0 heterocycles. The van der Waals surface area contributed by atoms with Gasteiger partial charge >= 0.3 is 0 Å². The van der Waals surface area contributed by atoms with Crippen molar-refractivity contribution in [3.8, 4) is 17.6 Å². The predicted octanol–water partition coefficient (Wildman–Crippen LogP) is 3.68. The van der Waals surface area contributed by atoms with Gasteiger partial charge in [0, 0.05) is 12.5 Å². The number of rotatable bonds is 7. The molecule has 1 unspecified atom stereocenters. The molecule has 0 fully saturated rings. The van der Waals surface area contributed by atoms with Gasteiger partial charge in [-0.25, -0.2) is 4.39 Å². The van der Waals surface area contributed by atoms with Crippen molar-refractivity contribution in [2.24, 2.45) is 0 Å².